The normalized spacial score (nSPS) is 23.3. The van der Waals surface area contributed by atoms with Crippen molar-refractivity contribution in [2.75, 3.05) is 5.75 Å². The summed E-state index contributed by atoms with van der Waals surface area (Å²) in [7, 11) is -3.44. The summed E-state index contributed by atoms with van der Waals surface area (Å²) in [6.45, 7) is 5.96. The summed E-state index contributed by atoms with van der Waals surface area (Å²) < 4.78 is 23.8. The quantitative estimate of drug-likeness (QED) is 0.796. The highest BCUT2D eigenvalue weighted by atomic mass is 32.2. The minimum absolute atomic E-state index is 0.00478. The standard InChI is InChI=1S/C14H25NO5S/c1-14(2,3)8-7-10(13(17)18)15-12(16)11-6-4-5-9-21(11,19)20/h10-11H,4-9H2,1-3H3,(H,15,16)(H,17,18). The fourth-order valence-corrected chi connectivity index (χ4v) is 4.16. The van der Waals surface area contributed by atoms with Gasteiger partial charge in [0.1, 0.15) is 11.3 Å². The molecule has 2 N–H and O–H groups in total. The Balaban J connectivity index is 2.70. The van der Waals surface area contributed by atoms with Crippen LogP contribution in [0.5, 0.6) is 0 Å². The average Bonchev–Trinajstić information content (AvgIpc) is 2.32. The molecule has 0 saturated carbocycles. The van der Waals surface area contributed by atoms with Gasteiger partial charge in [0.05, 0.1) is 5.75 Å². The predicted molar refractivity (Wildman–Crippen MR) is 79.7 cm³/mol. The van der Waals surface area contributed by atoms with Crippen LogP contribution in [0.15, 0.2) is 0 Å². The second kappa shape index (κ2) is 6.77. The number of amides is 1. The van der Waals surface area contributed by atoms with Crippen molar-refractivity contribution in [2.24, 2.45) is 5.41 Å². The molecule has 0 bridgehead atoms. The maximum atomic E-state index is 12.1. The SMILES string of the molecule is CC(C)(C)CCC(NC(=O)C1CCCCS1(=O)=O)C(=O)O. The molecule has 1 rings (SSSR count). The molecule has 2 atom stereocenters. The fourth-order valence-electron chi connectivity index (χ4n) is 2.35. The van der Waals surface area contributed by atoms with E-state index in [-0.39, 0.29) is 24.0 Å². The molecule has 6 nitrogen and oxygen atoms in total. The maximum Gasteiger partial charge on any atom is 0.326 e. The Morgan fingerprint density at radius 1 is 1.29 bits per heavy atom. The number of carbonyl (C=O) groups is 2. The molecule has 7 heteroatoms. The third-order valence-corrected chi connectivity index (χ3v) is 5.84. The van der Waals surface area contributed by atoms with Gasteiger partial charge in [-0.15, -0.1) is 0 Å². The first-order chi connectivity index (χ1) is 9.53. The van der Waals surface area contributed by atoms with Crippen LogP contribution in [0.1, 0.15) is 52.9 Å². The number of nitrogens with one attached hydrogen (secondary N) is 1. The number of carboxylic acids is 1. The summed E-state index contributed by atoms with van der Waals surface area (Å²) in [5.74, 6) is -1.79. The van der Waals surface area contributed by atoms with Gasteiger partial charge in [-0.3, -0.25) is 4.79 Å². The monoisotopic (exact) mass is 319 g/mol. The number of hydrogen-bond acceptors (Lipinski definition) is 4. The first-order valence-electron chi connectivity index (χ1n) is 7.28. The number of carbonyl (C=O) groups excluding carboxylic acids is 1. The van der Waals surface area contributed by atoms with Gasteiger partial charge in [0, 0.05) is 0 Å². The third kappa shape index (κ3) is 5.65. The molecule has 1 amide bonds. The Labute approximate surface area is 126 Å². The van der Waals surface area contributed by atoms with Gasteiger partial charge in [-0.1, -0.05) is 27.2 Å². The molecule has 1 aliphatic heterocycles. The van der Waals surface area contributed by atoms with Gasteiger partial charge in [0.25, 0.3) is 0 Å². The first kappa shape index (κ1) is 17.9. The van der Waals surface area contributed by atoms with Gasteiger partial charge < -0.3 is 10.4 Å². The molecule has 0 aromatic rings. The van der Waals surface area contributed by atoms with E-state index in [1.54, 1.807) is 0 Å². The Hall–Kier alpha value is -1.11. The molecule has 0 radical (unpaired) electrons. The van der Waals surface area contributed by atoms with E-state index >= 15 is 0 Å². The molecule has 1 saturated heterocycles. The van der Waals surface area contributed by atoms with Crippen LogP contribution in [0.3, 0.4) is 0 Å². The Kier molecular flexibility index (Phi) is 5.78. The summed E-state index contributed by atoms with van der Waals surface area (Å²) in [4.78, 5) is 23.3. The second-order valence-electron chi connectivity index (χ2n) is 6.85. The van der Waals surface area contributed by atoms with E-state index in [0.717, 1.165) is 0 Å². The molecule has 0 aromatic heterocycles. The molecular weight excluding hydrogens is 294 g/mol. The minimum atomic E-state index is -3.44. The zero-order chi connectivity index (χ0) is 16.3. The van der Waals surface area contributed by atoms with E-state index in [2.05, 4.69) is 5.32 Å². The number of aliphatic carboxylic acids is 1. The second-order valence-corrected chi connectivity index (χ2v) is 9.15. The molecule has 1 heterocycles. The molecule has 0 spiro atoms. The molecular formula is C14H25NO5S. The molecule has 122 valence electrons. The Bertz CT molecular complexity index is 492. The van der Waals surface area contributed by atoms with Crippen LogP contribution in [-0.4, -0.2) is 42.4 Å². The Morgan fingerprint density at radius 2 is 1.90 bits per heavy atom. The van der Waals surface area contributed by atoms with Gasteiger partial charge in [-0.25, -0.2) is 13.2 Å². The smallest absolute Gasteiger partial charge is 0.326 e. The van der Waals surface area contributed by atoms with E-state index in [0.29, 0.717) is 19.3 Å². The lowest BCUT2D eigenvalue weighted by atomic mass is 9.88. The lowest BCUT2D eigenvalue weighted by Crippen LogP contribution is -2.49. The van der Waals surface area contributed by atoms with Crippen molar-refractivity contribution in [3.63, 3.8) is 0 Å². The van der Waals surface area contributed by atoms with Crippen LogP contribution in [0.2, 0.25) is 0 Å². The minimum Gasteiger partial charge on any atom is -0.480 e. The fraction of sp³-hybridized carbons (Fsp3) is 0.857. The molecule has 2 unspecified atom stereocenters. The molecule has 0 aromatic carbocycles. The summed E-state index contributed by atoms with van der Waals surface area (Å²) in [6, 6.07) is -1.03. The van der Waals surface area contributed by atoms with E-state index in [9.17, 15) is 23.1 Å². The van der Waals surface area contributed by atoms with E-state index in [4.69, 9.17) is 0 Å². The van der Waals surface area contributed by atoms with E-state index in [1.165, 1.54) is 0 Å². The van der Waals surface area contributed by atoms with E-state index in [1.807, 2.05) is 20.8 Å². The molecule has 1 fully saturated rings. The lowest BCUT2D eigenvalue weighted by molar-refractivity contribution is -0.142. The molecule has 1 aliphatic rings. The number of rotatable bonds is 5. The summed E-state index contributed by atoms with van der Waals surface area (Å²) >= 11 is 0. The summed E-state index contributed by atoms with van der Waals surface area (Å²) in [5.41, 5.74) is -0.0463. The third-order valence-electron chi connectivity index (χ3n) is 3.67. The highest BCUT2D eigenvalue weighted by molar-refractivity contribution is 7.92. The van der Waals surface area contributed by atoms with Crippen molar-refractivity contribution >= 4 is 21.7 Å². The van der Waals surface area contributed by atoms with Gasteiger partial charge >= 0.3 is 5.97 Å². The summed E-state index contributed by atoms with van der Waals surface area (Å²) in [6.07, 6.45) is 2.44. The largest absolute Gasteiger partial charge is 0.480 e. The van der Waals surface area contributed by atoms with Crippen molar-refractivity contribution in [3.05, 3.63) is 0 Å². The lowest BCUT2D eigenvalue weighted by Gasteiger charge is -2.25. The van der Waals surface area contributed by atoms with Crippen LogP contribution in [0.4, 0.5) is 0 Å². The number of sulfone groups is 1. The van der Waals surface area contributed by atoms with Gasteiger partial charge in [0.15, 0.2) is 9.84 Å². The molecule has 21 heavy (non-hydrogen) atoms. The van der Waals surface area contributed by atoms with Crippen molar-refractivity contribution in [3.8, 4) is 0 Å². The van der Waals surface area contributed by atoms with Crippen molar-refractivity contribution < 1.29 is 23.1 Å². The van der Waals surface area contributed by atoms with Crippen molar-refractivity contribution in [1.29, 1.82) is 0 Å². The number of carboxylic acid groups (broad SMARTS) is 1. The average molecular weight is 319 g/mol. The maximum absolute atomic E-state index is 12.1. The highest BCUT2D eigenvalue weighted by Crippen LogP contribution is 2.23. The van der Waals surface area contributed by atoms with Crippen LogP contribution in [0, 0.1) is 5.41 Å². The topological polar surface area (TPSA) is 101 Å². The van der Waals surface area contributed by atoms with Crippen LogP contribution in [0.25, 0.3) is 0 Å². The van der Waals surface area contributed by atoms with Crippen LogP contribution in [-0.2, 0) is 19.4 Å². The number of hydrogen-bond donors (Lipinski definition) is 2. The zero-order valence-corrected chi connectivity index (χ0v) is 13.7. The zero-order valence-electron chi connectivity index (χ0n) is 12.9. The predicted octanol–water partition coefficient (Wildman–Crippen LogP) is 1.35. The summed E-state index contributed by atoms with van der Waals surface area (Å²) in [5, 5.41) is 10.5. The Morgan fingerprint density at radius 3 is 2.38 bits per heavy atom. The van der Waals surface area contributed by atoms with E-state index < -0.39 is 33.0 Å². The van der Waals surface area contributed by atoms with Gasteiger partial charge in [-0.05, 0) is 31.1 Å². The van der Waals surface area contributed by atoms with Crippen molar-refractivity contribution in [1.82, 2.24) is 5.32 Å². The molecule has 0 aliphatic carbocycles. The first-order valence-corrected chi connectivity index (χ1v) is 8.99. The van der Waals surface area contributed by atoms with Crippen molar-refractivity contribution in [2.45, 2.75) is 64.2 Å². The van der Waals surface area contributed by atoms with Crippen LogP contribution >= 0.6 is 0 Å². The highest BCUT2D eigenvalue weighted by Gasteiger charge is 2.36. The van der Waals surface area contributed by atoms with Crippen LogP contribution < -0.4 is 5.32 Å². The van der Waals surface area contributed by atoms with Gasteiger partial charge in [-0.2, -0.15) is 0 Å². The van der Waals surface area contributed by atoms with Gasteiger partial charge in [0.2, 0.25) is 5.91 Å².